The van der Waals surface area contributed by atoms with E-state index < -0.39 is 6.04 Å². The second-order valence-corrected chi connectivity index (χ2v) is 10.5. The lowest BCUT2D eigenvalue weighted by molar-refractivity contribution is -0.123. The lowest BCUT2D eigenvalue weighted by Gasteiger charge is -2.26. The standard InChI is InChI=1S/C30H31Cl2N3O2/c1-5-19(4)28-30(37)35(17-27(36)33-22-13-10-20(11-14-22)18(2)3)26-15-12-21(31)16-24(26)29(34-28)23-8-6-7-9-25(23)32/h6-16,18-19,28H,5,17H2,1-4H3,(H,33,36)/t19-,28+/m1/s1. The van der Waals surface area contributed by atoms with Crippen molar-refractivity contribution in [1.29, 1.82) is 0 Å². The summed E-state index contributed by atoms with van der Waals surface area (Å²) < 4.78 is 0. The minimum Gasteiger partial charge on any atom is -0.325 e. The van der Waals surface area contributed by atoms with E-state index in [-0.39, 0.29) is 24.3 Å². The number of benzodiazepines with no additional fused rings is 1. The number of amides is 2. The van der Waals surface area contributed by atoms with E-state index in [2.05, 4.69) is 19.2 Å². The summed E-state index contributed by atoms with van der Waals surface area (Å²) in [5, 5.41) is 3.96. The van der Waals surface area contributed by atoms with E-state index in [0.29, 0.717) is 44.2 Å². The smallest absolute Gasteiger partial charge is 0.252 e. The van der Waals surface area contributed by atoms with Crippen molar-refractivity contribution in [3.8, 4) is 0 Å². The number of hydrogen-bond donors (Lipinski definition) is 1. The summed E-state index contributed by atoms with van der Waals surface area (Å²) in [5.41, 5.74) is 4.41. The molecule has 3 aromatic carbocycles. The molecule has 0 saturated heterocycles. The number of benzene rings is 3. The molecule has 3 aromatic rings. The van der Waals surface area contributed by atoms with Crippen LogP contribution in [0.15, 0.2) is 71.7 Å². The third kappa shape index (κ3) is 5.89. The number of fused-ring (bicyclic) bond motifs is 1. The molecule has 0 radical (unpaired) electrons. The average molecular weight is 537 g/mol. The summed E-state index contributed by atoms with van der Waals surface area (Å²) in [5.74, 6) is -0.183. The number of nitrogens with zero attached hydrogens (tertiary/aromatic N) is 2. The van der Waals surface area contributed by atoms with Gasteiger partial charge in [0.1, 0.15) is 12.6 Å². The topological polar surface area (TPSA) is 61.8 Å². The molecule has 7 heteroatoms. The predicted molar refractivity (Wildman–Crippen MR) is 153 cm³/mol. The monoisotopic (exact) mass is 535 g/mol. The molecular formula is C30H31Cl2N3O2. The van der Waals surface area contributed by atoms with E-state index >= 15 is 0 Å². The maximum Gasteiger partial charge on any atom is 0.252 e. The molecule has 0 bridgehead atoms. The number of carbonyl (C=O) groups excluding carboxylic acids is 2. The van der Waals surface area contributed by atoms with E-state index in [4.69, 9.17) is 28.2 Å². The molecule has 0 unspecified atom stereocenters. The van der Waals surface area contributed by atoms with Gasteiger partial charge in [0.05, 0.1) is 11.4 Å². The van der Waals surface area contributed by atoms with Gasteiger partial charge in [-0.05, 0) is 53.8 Å². The molecule has 2 atom stereocenters. The largest absolute Gasteiger partial charge is 0.325 e. The highest BCUT2D eigenvalue weighted by Gasteiger charge is 2.36. The van der Waals surface area contributed by atoms with Crippen LogP contribution in [-0.2, 0) is 9.59 Å². The van der Waals surface area contributed by atoms with Gasteiger partial charge in [0.2, 0.25) is 5.91 Å². The number of anilines is 2. The molecule has 0 spiro atoms. The Bertz CT molecular complexity index is 1330. The Morgan fingerprint density at radius 3 is 2.35 bits per heavy atom. The van der Waals surface area contributed by atoms with Crippen LogP contribution in [0.5, 0.6) is 0 Å². The molecule has 37 heavy (non-hydrogen) atoms. The van der Waals surface area contributed by atoms with Crippen LogP contribution in [0.2, 0.25) is 10.0 Å². The second-order valence-electron chi connectivity index (χ2n) is 9.70. The molecule has 5 nitrogen and oxygen atoms in total. The van der Waals surface area contributed by atoms with Crippen molar-refractivity contribution in [1.82, 2.24) is 0 Å². The van der Waals surface area contributed by atoms with Crippen molar-refractivity contribution in [3.05, 3.63) is 93.5 Å². The summed E-state index contributed by atoms with van der Waals surface area (Å²) in [4.78, 5) is 33.6. The number of rotatable bonds is 7. The van der Waals surface area contributed by atoms with Crippen molar-refractivity contribution >= 4 is 52.1 Å². The molecule has 1 N–H and O–H groups in total. The van der Waals surface area contributed by atoms with Crippen molar-refractivity contribution in [2.75, 3.05) is 16.8 Å². The summed E-state index contributed by atoms with van der Waals surface area (Å²) in [6.07, 6.45) is 0.745. The molecule has 0 fully saturated rings. The summed E-state index contributed by atoms with van der Waals surface area (Å²) in [7, 11) is 0. The molecule has 0 aromatic heterocycles. The van der Waals surface area contributed by atoms with Crippen molar-refractivity contribution < 1.29 is 9.59 Å². The Labute approximate surface area is 228 Å². The van der Waals surface area contributed by atoms with E-state index in [1.165, 1.54) is 10.5 Å². The van der Waals surface area contributed by atoms with Gasteiger partial charge in [-0.2, -0.15) is 0 Å². The maximum absolute atomic E-state index is 13.9. The van der Waals surface area contributed by atoms with E-state index in [9.17, 15) is 9.59 Å². The molecule has 2 amide bonds. The Morgan fingerprint density at radius 2 is 1.70 bits per heavy atom. The van der Waals surface area contributed by atoms with Crippen LogP contribution >= 0.6 is 23.2 Å². The molecule has 1 heterocycles. The fraction of sp³-hybridized carbons (Fsp3) is 0.300. The van der Waals surface area contributed by atoms with Gasteiger partial charge in [0.15, 0.2) is 0 Å². The maximum atomic E-state index is 13.9. The Kier molecular flexibility index (Phi) is 8.35. The second kappa shape index (κ2) is 11.5. The van der Waals surface area contributed by atoms with E-state index in [1.807, 2.05) is 56.3 Å². The number of hydrogen-bond acceptors (Lipinski definition) is 3. The third-order valence-corrected chi connectivity index (χ3v) is 7.33. The van der Waals surface area contributed by atoms with Gasteiger partial charge in [0.25, 0.3) is 5.91 Å². The lowest BCUT2D eigenvalue weighted by atomic mass is 9.97. The third-order valence-electron chi connectivity index (χ3n) is 6.77. The van der Waals surface area contributed by atoms with Gasteiger partial charge in [0, 0.05) is 26.9 Å². The highest BCUT2D eigenvalue weighted by molar-refractivity contribution is 6.37. The zero-order valence-corrected chi connectivity index (χ0v) is 23.0. The Hall–Kier alpha value is -3.15. The van der Waals surface area contributed by atoms with Crippen LogP contribution in [0.4, 0.5) is 11.4 Å². The molecular weight excluding hydrogens is 505 g/mol. The zero-order valence-electron chi connectivity index (χ0n) is 21.5. The predicted octanol–water partition coefficient (Wildman–Crippen LogP) is 7.35. The molecule has 192 valence electrons. The minimum atomic E-state index is -0.680. The first kappa shape index (κ1) is 26.9. The summed E-state index contributed by atoms with van der Waals surface area (Å²) in [6, 6.07) is 19.8. The van der Waals surface area contributed by atoms with Crippen molar-refractivity contribution in [3.63, 3.8) is 0 Å². The minimum absolute atomic E-state index is 0.0519. The molecule has 1 aliphatic rings. The van der Waals surface area contributed by atoms with Crippen LogP contribution in [0.3, 0.4) is 0 Å². The van der Waals surface area contributed by atoms with Crippen LogP contribution in [0.25, 0.3) is 0 Å². The molecule has 0 saturated carbocycles. The molecule has 1 aliphatic heterocycles. The number of nitrogens with one attached hydrogen (secondary N) is 1. The number of aliphatic imine (C=N–C) groups is 1. The molecule has 4 rings (SSSR count). The number of halogens is 2. The fourth-order valence-corrected chi connectivity index (χ4v) is 4.79. The van der Waals surface area contributed by atoms with Crippen molar-refractivity contribution in [2.45, 2.75) is 46.1 Å². The average Bonchev–Trinajstić information content (AvgIpc) is 2.99. The van der Waals surface area contributed by atoms with Gasteiger partial charge in [-0.1, -0.05) is 87.6 Å². The quantitative estimate of drug-likeness (QED) is 0.343. The SMILES string of the molecule is CC[C@@H](C)[C@@H]1N=C(c2ccccc2Cl)c2cc(Cl)ccc2N(CC(=O)Nc2ccc(C(C)C)cc2)C1=O. The fourth-order valence-electron chi connectivity index (χ4n) is 4.40. The van der Waals surface area contributed by atoms with Gasteiger partial charge in [-0.25, -0.2) is 0 Å². The van der Waals surface area contributed by atoms with Gasteiger partial charge in [-0.3, -0.25) is 14.6 Å². The normalized spacial score (nSPS) is 16.2. The zero-order chi connectivity index (χ0) is 26.7. The Morgan fingerprint density at radius 1 is 1.00 bits per heavy atom. The first-order chi connectivity index (χ1) is 17.7. The first-order valence-corrected chi connectivity index (χ1v) is 13.3. The molecule has 0 aliphatic carbocycles. The van der Waals surface area contributed by atoms with Crippen LogP contribution < -0.4 is 10.2 Å². The van der Waals surface area contributed by atoms with E-state index in [0.717, 1.165) is 6.42 Å². The van der Waals surface area contributed by atoms with Crippen LogP contribution in [-0.4, -0.2) is 30.1 Å². The van der Waals surface area contributed by atoms with Gasteiger partial charge in [-0.15, -0.1) is 0 Å². The lowest BCUT2D eigenvalue weighted by Crippen LogP contribution is -2.44. The number of carbonyl (C=O) groups is 2. The Balaban J connectivity index is 1.75. The van der Waals surface area contributed by atoms with Crippen LogP contribution in [0.1, 0.15) is 56.7 Å². The van der Waals surface area contributed by atoms with Gasteiger partial charge < -0.3 is 10.2 Å². The van der Waals surface area contributed by atoms with Gasteiger partial charge >= 0.3 is 0 Å². The highest BCUT2D eigenvalue weighted by Crippen LogP contribution is 2.34. The van der Waals surface area contributed by atoms with Crippen LogP contribution in [0, 0.1) is 5.92 Å². The van der Waals surface area contributed by atoms with Crippen molar-refractivity contribution in [2.24, 2.45) is 10.9 Å². The first-order valence-electron chi connectivity index (χ1n) is 12.5. The van der Waals surface area contributed by atoms with E-state index in [1.54, 1.807) is 24.3 Å². The summed E-state index contributed by atoms with van der Waals surface area (Å²) in [6.45, 7) is 8.10. The summed E-state index contributed by atoms with van der Waals surface area (Å²) >= 11 is 13.0. The highest BCUT2D eigenvalue weighted by atomic mass is 35.5.